The van der Waals surface area contributed by atoms with E-state index in [0.717, 1.165) is 18.7 Å². The number of ether oxygens (including phenoxy) is 1. The number of nitrogens with one attached hydrogen (secondary N) is 1. The van der Waals surface area contributed by atoms with E-state index in [1.807, 2.05) is 12.1 Å². The van der Waals surface area contributed by atoms with Crippen molar-refractivity contribution in [3.05, 3.63) is 28.5 Å². The fraction of sp³-hybridized carbons (Fsp3) is 0.625. The van der Waals surface area contributed by atoms with Gasteiger partial charge < -0.3 is 10.1 Å². The molecule has 2 aliphatic carbocycles. The molecule has 2 nitrogen and oxygen atoms in total. The highest BCUT2D eigenvalue weighted by Gasteiger charge is 2.56. The summed E-state index contributed by atoms with van der Waals surface area (Å²) in [5.41, 5.74) is 1.29. The molecule has 0 amide bonds. The van der Waals surface area contributed by atoms with E-state index in [0.29, 0.717) is 22.0 Å². The lowest BCUT2D eigenvalue weighted by Gasteiger charge is -2.54. The van der Waals surface area contributed by atoms with Crippen LogP contribution in [0.25, 0.3) is 0 Å². The molecule has 110 valence electrons. The van der Waals surface area contributed by atoms with Gasteiger partial charge in [0, 0.05) is 23.8 Å². The maximum absolute atomic E-state index is 13.3. The van der Waals surface area contributed by atoms with Gasteiger partial charge in [0.05, 0.1) is 10.6 Å². The van der Waals surface area contributed by atoms with Crippen LogP contribution in [0.5, 0.6) is 0 Å². The Kier molecular flexibility index (Phi) is 4.04. The van der Waals surface area contributed by atoms with Crippen molar-refractivity contribution in [1.82, 2.24) is 0 Å². The Bertz CT molecular complexity index is 487. The van der Waals surface area contributed by atoms with Crippen molar-refractivity contribution in [1.29, 1.82) is 0 Å². The van der Waals surface area contributed by atoms with Crippen molar-refractivity contribution in [3.8, 4) is 0 Å². The van der Waals surface area contributed by atoms with Gasteiger partial charge in [-0.05, 0) is 60.3 Å². The number of hydrogen-bond donors (Lipinski definition) is 1. The van der Waals surface area contributed by atoms with Crippen LogP contribution in [0.15, 0.2) is 22.7 Å². The van der Waals surface area contributed by atoms with Gasteiger partial charge in [0.15, 0.2) is 0 Å². The highest BCUT2D eigenvalue weighted by molar-refractivity contribution is 9.10. The molecule has 2 atom stereocenters. The number of halogens is 2. The molecule has 0 aromatic heterocycles. The summed E-state index contributed by atoms with van der Waals surface area (Å²) in [6, 6.07) is 5.61. The van der Waals surface area contributed by atoms with Crippen LogP contribution in [-0.2, 0) is 4.74 Å². The van der Waals surface area contributed by atoms with Crippen molar-refractivity contribution in [2.24, 2.45) is 5.41 Å². The smallest absolute Gasteiger partial charge is 0.137 e. The molecule has 20 heavy (non-hydrogen) atoms. The van der Waals surface area contributed by atoms with Crippen LogP contribution in [0.2, 0.25) is 0 Å². The summed E-state index contributed by atoms with van der Waals surface area (Å²) in [5, 5.41) is 3.59. The molecule has 2 unspecified atom stereocenters. The lowest BCUT2D eigenvalue weighted by Crippen LogP contribution is -2.60. The summed E-state index contributed by atoms with van der Waals surface area (Å²) >= 11 is 3.25. The van der Waals surface area contributed by atoms with E-state index in [1.165, 1.54) is 31.7 Å². The fourth-order valence-corrected chi connectivity index (χ4v) is 4.25. The van der Waals surface area contributed by atoms with E-state index < -0.39 is 0 Å². The molecular weight excluding hydrogens is 321 g/mol. The van der Waals surface area contributed by atoms with Crippen molar-refractivity contribution in [2.45, 2.75) is 51.2 Å². The molecule has 1 aromatic rings. The van der Waals surface area contributed by atoms with Gasteiger partial charge >= 0.3 is 0 Å². The standard InChI is InChI=1S/C16H21BrFNO/c1-2-20-15-10-14(16(15)7-3-4-8-16)19-11-5-6-13(18)12(17)9-11/h5-6,9,14-15,19H,2-4,7-8,10H2,1H3. The monoisotopic (exact) mass is 341 g/mol. The number of anilines is 1. The molecule has 1 aromatic carbocycles. The van der Waals surface area contributed by atoms with E-state index in [2.05, 4.69) is 28.2 Å². The first-order valence-corrected chi connectivity index (χ1v) is 8.28. The van der Waals surface area contributed by atoms with Gasteiger partial charge in [-0.1, -0.05) is 12.8 Å². The van der Waals surface area contributed by atoms with Crippen molar-refractivity contribution in [2.75, 3.05) is 11.9 Å². The Labute approximate surface area is 128 Å². The Morgan fingerprint density at radius 2 is 2.15 bits per heavy atom. The highest BCUT2D eigenvalue weighted by atomic mass is 79.9. The highest BCUT2D eigenvalue weighted by Crippen LogP contribution is 2.55. The SMILES string of the molecule is CCOC1CC(Nc2ccc(F)c(Br)c2)C12CCCC2. The summed E-state index contributed by atoms with van der Waals surface area (Å²) in [5.74, 6) is -0.216. The fourth-order valence-electron chi connectivity index (χ4n) is 3.88. The van der Waals surface area contributed by atoms with E-state index in [-0.39, 0.29) is 5.82 Å². The molecule has 2 aliphatic rings. The molecule has 0 radical (unpaired) electrons. The second kappa shape index (κ2) is 5.64. The van der Waals surface area contributed by atoms with Gasteiger partial charge in [-0.2, -0.15) is 0 Å². The van der Waals surface area contributed by atoms with Crippen LogP contribution in [-0.4, -0.2) is 18.8 Å². The molecule has 0 bridgehead atoms. The van der Waals surface area contributed by atoms with E-state index >= 15 is 0 Å². The van der Waals surface area contributed by atoms with Gasteiger partial charge in [-0.15, -0.1) is 0 Å². The quantitative estimate of drug-likeness (QED) is 0.854. The zero-order valence-corrected chi connectivity index (χ0v) is 13.4. The zero-order valence-electron chi connectivity index (χ0n) is 11.8. The lowest BCUT2D eigenvalue weighted by atomic mass is 9.60. The largest absolute Gasteiger partial charge is 0.382 e. The molecule has 2 fully saturated rings. The molecule has 3 rings (SSSR count). The molecule has 2 saturated carbocycles. The second-order valence-corrected chi connectivity index (χ2v) is 6.80. The second-order valence-electron chi connectivity index (χ2n) is 5.95. The molecule has 1 spiro atoms. The van der Waals surface area contributed by atoms with E-state index in [9.17, 15) is 4.39 Å². The molecule has 1 N–H and O–H groups in total. The molecule has 0 aliphatic heterocycles. The predicted octanol–water partition coefficient (Wildman–Crippen LogP) is 4.74. The van der Waals surface area contributed by atoms with Crippen LogP contribution < -0.4 is 5.32 Å². The number of benzene rings is 1. The minimum absolute atomic E-state index is 0.216. The average molecular weight is 342 g/mol. The normalized spacial score (nSPS) is 27.6. The van der Waals surface area contributed by atoms with Crippen molar-refractivity contribution in [3.63, 3.8) is 0 Å². The summed E-state index contributed by atoms with van der Waals surface area (Å²) in [4.78, 5) is 0. The number of rotatable bonds is 4. The molecule has 0 heterocycles. The lowest BCUT2D eigenvalue weighted by molar-refractivity contribution is -0.114. The van der Waals surface area contributed by atoms with E-state index in [1.54, 1.807) is 0 Å². The first-order valence-electron chi connectivity index (χ1n) is 7.49. The van der Waals surface area contributed by atoms with Crippen molar-refractivity contribution < 1.29 is 9.13 Å². The van der Waals surface area contributed by atoms with Crippen LogP contribution >= 0.6 is 15.9 Å². The summed E-state index contributed by atoms with van der Waals surface area (Å²) in [6.07, 6.45) is 6.55. The van der Waals surface area contributed by atoms with Crippen molar-refractivity contribution >= 4 is 21.6 Å². The third kappa shape index (κ3) is 2.37. The first-order chi connectivity index (χ1) is 9.65. The Balaban J connectivity index is 1.72. The topological polar surface area (TPSA) is 21.3 Å². The Morgan fingerprint density at radius 1 is 1.40 bits per heavy atom. The van der Waals surface area contributed by atoms with Gasteiger partial charge in [-0.3, -0.25) is 0 Å². The van der Waals surface area contributed by atoms with Crippen LogP contribution in [0.1, 0.15) is 39.0 Å². The van der Waals surface area contributed by atoms with Crippen LogP contribution in [0.4, 0.5) is 10.1 Å². The van der Waals surface area contributed by atoms with Crippen LogP contribution in [0.3, 0.4) is 0 Å². The van der Waals surface area contributed by atoms with Gasteiger partial charge in [-0.25, -0.2) is 4.39 Å². The van der Waals surface area contributed by atoms with E-state index in [4.69, 9.17) is 4.74 Å². The predicted molar refractivity (Wildman–Crippen MR) is 82.4 cm³/mol. The average Bonchev–Trinajstić information content (AvgIpc) is 2.94. The summed E-state index contributed by atoms with van der Waals surface area (Å²) < 4.78 is 19.7. The van der Waals surface area contributed by atoms with Gasteiger partial charge in [0.2, 0.25) is 0 Å². The maximum atomic E-state index is 13.3. The summed E-state index contributed by atoms with van der Waals surface area (Å²) in [6.45, 7) is 2.86. The minimum atomic E-state index is -0.216. The number of hydrogen-bond acceptors (Lipinski definition) is 2. The zero-order chi connectivity index (χ0) is 14.2. The summed E-state index contributed by atoms with van der Waals surface area (Å²) in [7, 11) is 0. The van der Waals surface area contributed by atoms with Gasteiger partial charge in [0.25, 0.3) is 0 Å². The first kappa shape index (κ1) is 14.3. The molecular formula is C16H21BrFNO. The minimum Gasteiger partial charge on any atom is -0.382 e. The molecule has 0 saturated heterocycles. The van der Waals surface area contributed by atoms with Gasteiger partial charge in [0.1, 0.15) is 5.82 Å². The Morgan fingerprint density at radius 3 is 2.80 bits per heavy atom. The third-order valence-electron chi connectivity index (χ3n) is 4.95. The third-order valence-corrected chi connectivity index (χ3v) is 5.56. The Hall–Kier alpha value is -0.610. The van der Waals surface area contributed by atoms with Crippen LogP contribution in [0, 0.1) is 11.2 Å². The maximum Gasteiger partial charge on any atom is 0.137 e. The molecule has 4 heteroatoms.